The topological polar surface area (TPSA) is 69.6 Å². The molecule has 0 radical (unpaired) electrons. The fourth-order valence-corrected chi connectivity index (χ4v) is 2.47. The maximum Gasteiger partial charge on any atom is 0.337 e. The lowest BCUT2D eigenvalue weighted by molar-refractivity contribution is -0.119. The van der Waals surface area contributed by atoms with Crippen molar-refractivity contribution in [2.75, 3.05) is 18.0 Å². The summed E-state index contributed by atoms with van der Waals surface area (Å²) < 4.78 is 0. The second kappa shape index (κ2) is 5.30. The number of aryl methyl sites for hydroxylation is 1. The third-order valence-electron chi connectivity index (χ3n) is 3.32. The molecule has 0 saturated carbocycles. The lowest BCUT2D eigenvalue weighted by atomic mass is 10.1. The van der Waals surface area contributed by atoms with Gasteiger partial charge in [0.1, 0.15) is 0 Å². The van der Waals surface area contributed by atoms with E-state index in [1.165, 1.54) is 6.92 Å². The smallest absolute Gasteiger partial charge is 0.337 e. The number of aromatic carboxylic acids is 1. The van der Waals surface area contributed by atoms with Crippen LogP contribution in [0.4, 0.5) is 5.69 Å². The van der Waals surface area contributed by atoms with Gasteiger partial charge in [-0.25, -0.2) is 4.79 Å². The van der Waals surface area contributed by atoms with Gasteiger partial charge in [0.25, 0.3) is 0 Å². The first kappa shape index (κ1) is 13.4. The number of carbonyl (C=O) groups excluding carboxylic acids is 1. The molecule has 1 saturated heterocycles. The summed E-state index contributed by atoms with van der Waals surface area (Å²) in [6.45, 7) is 4.85. The number of nitrogens with one attached hydrogen (secondary N) is 1. The first-order valence-electron chi connectivity index (χ1n) is 6.33. The average molecular weight is 262 g/mol. The van der Waals surface area contributed by atoms with Gasteiger partial charge in [0.2, 0.25) is 5.91 Å². The van der Waals surface area contributed by atoms with Gasteiger partial charge in [-0.3, -0.25) is 4.79 Å². The molecule has 2 rings (SSSR count). The first-order chi connectivity index (χ1) is 8.97. The van der Waals surface area contributed by atoms with Gasteiger partial charge >= 0.3 is 5.97 Å². The zero-order valence-corrected chi connectivity index (χ0v) is 11.1. The molecular formula is C14H18N2O3. The van der Waals surface area contributed by atoms with Crippen LogP contribution in [0.15, 0.2) is 18.2 Å². The zero-order chi connectivity index (χ0) is 14.0. The molecule has 1 atom stereocenters. The highest BCUT2D eigenvalue weighted by Gasteiger charge is 2.26. The molecule has 1 aromatic rings. The monoisotopic (exact) mass is 262 g/mol. The molecule has 19 heavy (non-hydrogen) atoms. The highest BCUT2D eigenvalue weighted by atomic mass is 16.4. The third-order valence-corrected chi connectivity index (χ3v) is 3.32. The van der Waals surface area contributed by atoms with Crippen molar-refractivity contribution in [3.05, 3.63) is 29.3 Å². The van der Waals surface area contributed by atoms with E-state index < -0.39 is 5.97 Å². The maximum absolute atomic E-state index is 11.3. The Hall–Kier alpha value is -2.04. The number of benzene rings is 1. The molecule has 1 fully saturated rings. The third kappa shape index (κ3) is 3.05. The largest absolute Gasteiger partial charge is 0.478 e. The van der Waals surface area contributed by atoms with E-state index in [9.17, 15) is 14.7 Å². The molecule has 1 aliphatic heterocycles. The molecule has 5 nitrogen and oxygen atoms in total. The van der Waals surface area contributed by atoms with Gasteiger partial charge in [0.15, 0.2) is 0 Å². The molecule has 5 heteroatoms. The molecule has 0 aliphatic carbocycles. The molecule has 1 heterocycles. The molecule has 0 spiro atoms. The molecule has 102 valence electrons. The van der Waals surface area contributed by atoms with Gasteiger partial charge in [-0.2, -0.15) is 0 Å². The van der Waals surface area contributed by atoms with Crippen LogP contribution in [0.1, 0.15) is 29.3 Å². The number of nitrogens with zero attached hydrogens (tertiary/aromatic N) is 1. The standard InChI is InChI=1S/C14H18N2O3/c1-9-3-4-12(14(18)19)13(7-9)16-6-5-11(8-16)15-10(2)17/h3-4,7,11H,5-6,8H2,1-2H3,(H,15,17)(H,18,19). The lowest BCUT2D eigenvalue weighted by Gasteiger charge is -2.21. The fourth-order valence-electron chi connectivity index (χ4n) is 2.47. The Kier molecular flexibility index (Phi) is 3.74. The summed E-state index contributed by atoms with van der Waals surface area (Å²) in [6, 6.07) is 5.42. The minimum absolute atomic E-state index is 0.0467. The van der Waals surface area contributed by atoms with Crippen LogP contribution in [0.5, 0.6) is 0 Å². The van der Waals surface area contributed by atoms with E-state index in [2.05, 4.69) is 5.32 Å². The summed E-state index contributed by atoms with van der Waals surface area (Å²) in [7, 11) is 0. The van der Waals surface area contributed by atoms with Crippen LogP contribution in [-0.4, -0.2) is 36.1 Å². The van der Waals surface area contributed by atoms with Gasteiger partial charge in [-0.05, 0) is 31.0 Å². The number of hydrogen-bond donors (Lipinski definition) is 2. The summed E-state index contributed by atoms with van der Waals surface area (Å²) in [5.41, 5.74) is 2.08. The Bertz CT molecular complexity index is 513. The van der Waals surface area contributed by atoms with Gasteiger partial charge < -0.3 is 15.3 Å². The van der Waals surface area contributed by atoms with Crippen molar-refractivity contribution in [2.24, 2.45) is 0 Å². The molecule has 1 aliphatic rings. The summed E-state index contributed by atoms with van der Waals surface area (Å²) in [5.74, 6) is -0.965. The summed E-state index contributed by atoms with van der Waals surface area (Å²) in [4.78, 5) is 24.3. The van der Waals surface area contributed by atoms with Crippen LogP contribution < -0.4 is 10.2 Å². The molecule has 1 amide bonds. The first-order valence-corrected chi connectivity index (χ1v) is 6.33. The van der Waals surface area contributed by atoms with Gasteiger partial charge in [-0.1, -0.05) is 6.07 Å². The van der Waals surface area contributed by atoms with E-state index in [-0.39, 0.29) is 11.9 Å². The zero-order valence-electron chi connectivity index (χ0n) is 11.1. The minimum atomic E-state index is -0.919. The molecular weight excluding hydrogens is 244 g/mol. The van der Waals surface area contributed by atoms with E-state index in [0.717, 1.165) is 24.2 Å². The average Bonchev–Trinajstić information content (AvgIpc) is 2.75. The van der Waals surface area contributed by atoms with E-state index in [1.807, 2.05) is 17.9 Å². The van der Waals surface area contributed by atoms with Crippen LogP contribution >= 0.6 is 0 Å². The molecule has 1 unspecified atom stereocenters. The van der Waals surface area contributed by atoms with Crippen molar-refractivity contribution in [1.29, 1.82) is 0 Å². The highest BCUT2D eigenvalue weighted by Crippen LogP contribution is 2.26. The SMILES string of the molecule is CC(=O)NC1CCN(c2cc(C)ccc2C(=O)O)C1. The van der Waals surface area contributed by atoms with Gasteiger partial charge in [-0.15, -0.1) is 0 Å². The van der Waals surface area contributed by atoms with Crippen LogP contribution in [0.25, 0.3) is 0 Å². The quantitative estimate of drug-likeness (QED) is 0.864. The van der Waals surface area contributed by atoms with E-state index in [4.69, 9.17) is 0 Å². The van der Waals surface area contributed by atoms with Crippen molar-refractivity contribution in [3.63, 3.8) is 0 Å². The highest BCUT2D eigenvalue weighted by molar-refractivity contribution is 5.94. The Morgan fingerprint density at radius 2 is 2.16 bits per heavy atom. The van der Waals surface area contributed by atoms with Crippen molar-refractivity contribution in [1.82, 2.24) is 5.32 Å². The number of hydrogen-bond acceptors (Lipinski definition) is 3. The van der Waals surface area contributed by atoms with Gasteiger partial charge in [0.05, 0.1) is 11.3 Å². The molecule has 0 aromatic heterocycles. The maximum atomic E-state index is 11.3. The normalized spacial score (nSPS) is 18.4. The predicted octanol–water partition coefficient (Wildman–Crippen LogP) is 1.41. The number of carbonyl (C=O) groups is 2. The summed E-state index contributed by atoms with van der Waals surface area (Å²) in [5, 5.41) is 12.1. The van der Waals surface area contributed by atoms with Crippen LogP contribution in [0.2, 0.25) is 0 Å². The second-order valence-electron chi connectivity index (χ2n) is 4.96. The van der Waals surface area contributed by atoms with E-state index in [0.29, 0.717) is 12.1 Å². The molecule has 0 bridgehead atoms. The van der Waals surface area contributed by atoms with E-state index >= 15 is 0 Å². The van der Waals surface area contributed by atoms with Crippen LogP contribution in [-0.2, 0) is 4.79 Å². The second-order valence-corrected chi connectivity index (χ2v) is 4.96. The number of anilines is 1. The van der Waals surface area contributed by atoms with Gasteiger partial charge in [0, 0.05) is 26.1 Å². The Balaban J connectivity index is 2.21. The fraction of sp³-hybridized carbons (Fsp3) is 0.429. The molecule has 1 aromatic carbocycles. The Morgan fingerprint density at radius 3 is 2.79 bits per heavy atom. The van der Waals surface area contributed by atoms with Crippen LogP contribution in [0, 0.1) is 6.92 Å². The number of carboxylic acids is 1. The van der Waals surface area contributed by atoms with E-state index in [1.54, 1.807) is 12.1 Å². The van der Waals surface area contributed by atoms with Crippen molar-refractivity contribution >= 4 is 17.6 Å². The van der Waals surface area contributed by atoms with Crippen molar-refractivity contribution in [2.45, 2.75) is 26.3 Å². The van der Waals surface area contributed by atoms with Crippen molar-refractivity contribution in [3.8, 4) is 0 Å². The number of rotatable bonds is 3. The Morgan fingerprint density at radius 1 is 1.42 bits per heavy atom. The Labute approximate surface area is 112 Å². The number of carboxylic acid groups (broad SMARTS) is 1. The summed E-state index contributed by atoms with van der Waals surface area (Å²) >= 11 is 0. The summed E-state index contributed by atoms with van der Waals surface area (Å²) in [6.07, 6.45) is 0.840. The molecule has 2 N–H and O–H groups in total. The van der Waals surface area contributed by atoms with Crippen molar-refractivity contribution < 1.29 is 14.7 Å². The van der Waals surface area contributed by atoms with Crippen LogP contribution in [0.3, 0.4) is 0 Å². The number of amides is 1. The predicted molar refractivity (Wildman–Crippen MR) is 72.6 cm³/mol. The lowest BCUT2D eigenvalue weighted by Crippen LogP contribution is -2.35. The minimum Gasteiger partial charge on any atom is -0.478 e.